The molecule has 1 N–H and O–H groups in total. The average Bonchev–Trinajstić information content (AvgIpc) is 3.08. The van der Waals surface area contributed by atoms with Crippen molar-refractivity contribution in [1.82, 2.24) is 15.1 Å². The number of anilines is 2. The van der Waals surface area contributed by atoms with Crippen molar-refractivity contribution in [1.29, 1.82) is 0 Å². The predicted molar refractivity (Wildman–Crippen MR) is 93.2 cm³/mol. The van der Waals surface area contributed by atoms with Crippen molar-refractivity contribution in [3.8, 4) is 0 Å². The molecule has 0 atom stereocenters. The van der Waals surface area contributed by atoms with E-state index in [-0.39, 0.29) is 11.8 Å². The van der Waals surface area contributed by atoms with Gasteiger partial charge >= 0.3 is 0 Å². The summed E-state index contributed by atoms with van der Waals surface area (Å²) in [5.74, 6) is 1.20. The lowest BCUT2D eigenvalue weighted by Gasteiger charge is -2.34. The van der Waals surface area contributed by atoms with Gasteiger partial charge in [0.05, 0.1) is 6.42 Å². The minimum Gasteiger partial charge on any atom is -0.352 e. The third-order valence-corrected chi connectivity index (χ3v) is 4.76. The number of nitrogens with zero attached hydrogens (tertiary/aromatic N) is 4. The largest absolute Gasteiger partial charge is 0.352 e. The van der Waals surface area contributed by atoms with Crippen LogP contribution >= 0.6 is 11.3 Å². The van der Waals surface area contributed by atoms with E-state index in [1.807, 2.05) is 28.5 Å². The van der Waals surface area contributed by atoms with Gasteiger partial charge in [0.1, 0.15) is 0 Å². The van der Waals surface area contributed by atoms with Crippen molar-refractivity contribution in [2.45, 2.75) is 13.3 Å². The molecule has 2 aromatic rings. The zero-order valence-corrected chi connectivity index (χ0v) is 14.3. The van der Waals surface area contributed by atoms with Crippen LogP contribution in [0.1, 0.15) is 11.8 Å². The number of carbonyl (C=O) groups excluding carboxylic acids is 2. The molecule has 0 spiro atoms. The molecule has 0 unspecified atom stereocenters. The third kappa shape index (κ3) is 4.08. The number of hydrogen-bond donors (Lipinski definition) is 1. The van der Waals surface area contributed by atoms with Crippen LogP contribution in [0.5, 0.6) is 0 Å². The van der Waals surface area contributed by atoms with Gasteiger partial charge < -0.3 is 15.1 Å². The molecule has 0 saturated carbocycles. The van der Waals surface area contributed by atoms with Gasteiger partial charge in [-0.15, -0.1) is 21.5 Å². The topological polar surface area (TPSA) is 78.4 Å². The molecule has 0 bridgehead atoms. The summed E-state index contributed by atoms with van der Waals surface area (Å²) >= 11 is 1.55. The van der Waals surface area contributed by atoms with Crippen LogP contribution in [0.15, 0.2) is 29.6 Å². The van der Waals surface area contributed by atoms with Crippen molar-refractivity contribution in [3.05, 3.63) is 34.5 Å². The first-order chi connectivity index (χ1) is 11.6. The quantitative estimate of drug-likeness (QED) is 0.906. The van der Waals surface area contributed by atoms with Crippen molar-refractivity contribution in [2.75, 3.05) is 36.4 Å². The fourth-order valence-electron chi connectivity index (χ4n) is 2.57. The van der Waals surface area contributed by atoms with E-state index in [2.05, 4.69) is 20.4 Å². The van der Waals surface area contributed by atoms with E-state index in [0.29, 0.717) is 25.3 Å². The van der Waals surface area contributed by atoms with Gasteiger partial charge in [-0.2, -0.15) is 0 Å². The molecule has 1 aliphatic heterocycles. The Morgan fingerprint density at radius 3 is 2.54 bits per heavy atom. The van der Waals surface area contributed by atoms with Crippen LogP contribution < -0.4 is 10.2 Å². The molecule has 1 fully saturated rings. The van der Waals surface area contributed by atoms with Crippen molar-refractivity contribution in [3.63, 3.8) is 0 Å². The Labute approximate surface area is 144 Å². The van der Waals surface area contributed by atoms with Crippen LogP contribution in [0.4, 0.5) is 11.6 Å². The van der Waals surface area contributed by atoms with Crippen molar-refractivity contribution >= 4 is 34.8 Å². The molecule has 3 rings (SSSR count). The van der Waals surface area contributed by atoms with E-state index in [9.17, 15) is 9.59 Å². The van der Waals surface area contributed by atoms with Crippen molar-refractivity contribution in [2.24, 2.45) is 0 Å². The lowest BCUT2D eigenvalue weighted by Crippen LogP contribution is -2.48. The van der Waals surface area contributed by atoms with Gasteiger partial charge in [-0.25, -0.2) is 0 Å². The second-order valence-corrected chi connectivity index (χ2v) is 6.61. The Morgan fingerprint density at radius 2 is 1.96 bits per heavy atom. The van der Waals surface area contributed by atoms with Gasteiger partial charge in [-0.05, 0) is 23.6 Å². The average molecular weight is 345 g/mol. The van der Waals surface area contributed by atoms with Crippen LogP contribution in [0.2, 0.25) is 0 Å². The molecule has 1 saturated heterocycles. The predicted octanol–water partition coefficient (Wildman–Crippen LogP) is 1.39. The third-order valence-electron chi connectivity index (χ3n) is 3.88. The van der Waals surface area contributed by atoms with Crippen LogP contribution in [-0.2, 0) is 16.0 Å². The number of hydrogen-bond acceptors (Lipinski definition) is 6. The molecule has 24 heavy (non-hydrogen) atoms. The Bertz CT molecular complexity index is 694. The molecule has 2 amide bonds. The first-order valence-corrected chi connectivity index (χ1v) is 8.66. The number of amides is 2. The molecule has 126 valence electrons. The smallest absolute Gasteiger partial charge is 0.230 e. The summed E-state index contributed by atoms with van der Waals surface area (Å²) in [5, 5.41) is 13.0. The first kappa shape index (κ1) is 16.4. The highest BCUT2D eigenvalue weighted by Crippen LogP contribution is 2.15. The standard InChI is InChI=1S/C16H19N5O2S/c1-12(22)20-6-8-21(9-7-20)15-5-4-14(18-19-15)17-16(23)11-13-3-2-10-24-13/h2-5,10H,6-9,11H2,1H3,(H,17,18,23). The van der Waals surface area contributed by atoms with Crippen LogP contribution in [0.3, 0.4) is 0 Å². The summed E-state index contributed by atoms with van der Waals surface area (Å²) in [6, 6.07) is 7.45. The maximum atomic E-state index is 11.9. The summed E-state index contributed by atoms with van der Waals surface area (Å²) in [7, 11) is 0. The molecule has 0 radical (unpaired) electrons. The van der Waals surface area contributed by atoms with Crippen LogP contribution in [0, 0.1) is 0 Å². The van der Waals surface area contributed by atoms with E-state index in [0.717, 1.165) is 23.8 Å². The number of aromatic nitrogens is 2. The lowest BCUT2D eigenvalue weighted by atomic mass is 10.3. The molecule has 1 aliphatic rings. The normalized spacial score (nSPS) is 14.5. The van der Waals surface area contributed by atoms with E-state index >= 15 is 0 Å². The molecule has 3 heterocycles. The molecule has 8 heteroatoms. The number of carbonyl (C=O) groups is 2. The fraction of sp³-hybridized carbons (Fsp3) is 0.375. The van der Waals surface area contributed by atoms with E-state index in [4.69, 9.17) is 0 Å². The van der Waals surface area contributed by atoms with Gasteiger partial charge in [0, 0.05) is 38.0 Å². The van der Waals surface area contributed by atoms with E-state index in [1.54, 1.807) is 24.3 Å². The zero-order valence-electron chi connectivity index (χ0n) is 13.4. The SMILES string of the molecule is CC(=O)N1CCN(c2ccc(NC(=O)Cc3cccs3)nn2)CC1. The Balaban J connectivity index is 1.54. The number of nitrogens with one attached hydrogen (secondary N) is 1. The minimum atomic E-state index is -0.102. The Hall–Kier alpha value is -2.48. The van der Waals surface area contributed by atoms with Gasteiger partial charge in [0.25, 0.3) is 0 Å². The van der Waals surface area contributed by atoms with Crippen molar-refractivity contribution < 1.29 is 9.59 Å². The fourth-order valence-corrected chi connectivity index (χ4v) is 3.27. The van der Waals surface area contributed by atoms with Gasteiger partial charge in [-0.3, -0.25) is 9.59 Å². The van der Waals surface area contributed by atoms with Crippen LogP contribution in [-0.4, -0.2) is 53.1 Å². The number of rotatable bonds is 4. The summed E-state index contributed by atoms with van der Waals surface area (Å²) in [6.07, 6.45) is 0.341. The highest BCUT2D eigenvalue weighted by molar-refractivity contribution is 7.10. The summed E-state index contributed by atoms with van der Waals surface area (Å²) in [6.45, 7) is 4.44. The van der Waals surface area contributed by atoms with E-state index in [1.165, 1.54) is 0 Å². The Morgan fingerprint density at radius 1 is 1.17 bits per heavy atom. The number of piperazine rings is 1. The van der Waals surface area contributed by atoms with E-state index < -0.39 is 0 Å². The second-order valence-electron chi connectivity index (χ2n) is 5.57. The summed E-state index contributed by atoms with van der Waals surface area (Å²) in [4.78, 5) is 28.2. The number of thiophene rings is 1. The molecule has 2 aromatic heterocycles. The Kier molecular flexibility index (Phi) is 5.05. The van der Waals surface area contributed by atoms with Gasteiger partial charge in [0.15, 0.2) is 11.6 Å². The molecule has 0 aliphatic carbocycles. The van der Waals surface area contributed by atoms with Gasteiger partial charge in [0.2, 0.25) is 11.8 Å². The highest BCUT2D eigenvalue weighted by atomic mass is 32.1. The monoisotopic (exact) mass is 345 g/mol. The molecule has 7 nitrogen and oxygen atoms in total. The lowest BCUT2D eigenvalue weighted by molar-refractivity contribution is -0.129. The van der Waals surface area contributed by atoms with Crippen LogP contribution in [0.25, 0.3) is 0 Å². The summed E-state index contributed by atoms with van der Waals surface area (Å²) < 4.78 is 0. The van der Waals surface area contributed by atoms with Gasteiger partial charge in [-0.1, -0.05) is 6.07 Å². The summed E-state index contributed by atoms with van der Waals surface area (Å²) in [5.41, 5.74) is 0. The minimum absolute atomic E-state index is 0.101. The molecular formula is C16H19N5O2S. The molecule has 0 aromatic carbocycles. The maximum Gasteiger partial charge on any atom is 0.230 e. The molecular weight excluding hydrogens is 326 g/mol. The highest BCUT2D eigenvalue weighted by Gasteiger charge is 2.19. The second kappa shape index (κ2) is 7.39. The zero-order chi connectivity index (χ0) is 16.9. The first-order valence-electron chi connectivity index (χ1n) is 7.78. The maximum absolute atomic E-state index is 11.9.